The summed E-state index contributed by atoms with van der Waals surface area (Å²) >= 11 is 12.7. The van der Waals surface area contributed by atoms with E-state index in [0.717, 1.165) is 12.8 Å². The van der Waals surface area contributed by atoms with Crippen molar-refractivity contribution in [1.82, 2.24) is 15.0 Å². The van der Waals surface area contributed by atoms with Gasteiger partial charge >= 0.3 is 6.09 Å². The first-order chi connectivity index (χ1) is 15.6. The number of carbonyl (C=O) groups excluding carboxylic acids is 1. The Balaban J connectivity index is 1.76. The van der Waals surface area contributed by atoms with Crippen molar-refractivity contribution >= 4 is 35.0 Å². The third kappa shape index (κ3) is 4.93. The molecule has 10 heteroatoms. The predicted molar refractivity (Wildman–Crippen MR) is 121 cm³/mol. The number of rotatable bonds is 6. The minimum Gasteiger partial charge on any atom is -0.445 e. The maximum absolute atomic E-state index is 12.0. The van der Waals surface area contributed by atoms with Gasteiger partial charge in [-0.3, -0.25) is 5.32 Å². The molecule has 1 fully saturated rings. The highest BCUT2D eigenvalue weighted by Gasteiger charge is 2.27. The molecule has 1 aliphatic rings. The summed E-state index contributed by atoms with van der Waals surface area (Å²) in [6, 6.07) is 6.90. The highest BCUT2D eigenvalue weighted by atomic mass is 35.5. The lowest BCUT2D eigenvalue weighted by atomic mass is 10.0. The van der Waals surface area contributed by atoms with E-state index in [4.69, 9.17) is 42.1 Å². The molecule has 1 saturated heterocycles. The summed E-state index contributed by atoms with van der Waals surface area (Å²) in [6.07, 6.45) is 3.97. The summed E-state index contributed by atoms with van der Waals surface area (Å²) < 4.78 is 16.6. The molecule has 3 aromatic rings. The lowest BCUT2D eigenvalue weighted by Crippen LogP contribution is -2.14. The predicted octanol–water partition coefficient (Wildman–Crippen LogP) is 5.73. The molecule has 2 aromatic heterocycles. The first-order valence-corrected chi connectivity index (χ1v) is 10.7. The molecule has 1 amide bonds. The molecule has 0 bridgehead atoms. The number of benzene rings is 1. The van der Waals surface area contributed by atoms with Gasteiger partial charge in [0, 0.05) is 30.9 Å². The Labute approximate surface area is 194 Å². The van der Waals surface area contributed by atoms with Gasteiger partial charge in [0.2, 0.25) is 5.28 Å². The molecule has 4 rings (SSSR count). The average molecular weight is 475 g/mol. The number of nitrogens with zero attached hydrogens (tertiary/aromatic N) is 3. The van der Waals surface area contributed by atoms with Crippen LogP contribution in [0.5, 0.6) is 0 Å². The van der Waals surface area contributed by atoms with Crippen LogP contribution in [0.15, 0.2) is 47.5 Å². The number of oxazole rings is 1. The Kier molecular flexibility index (Phi) is 7.04. The van der Waals surface area contributed by atoms with Crippen LogP contribution < -0.4 is 5.32 Å². The first-order valence-electron chi connectivity index (χ1n) is 9.97. The van der Waals surface area contributed by atoms with Crippen LogP contribution in [0.2, 0.25) is 10.3 Å². The molecule has 0 saturated carbocycles. The maximum atomic E-state index is 12.0. The Hall–Kier alpha value is -2.94. The van der Waals surface area contributed by atoms with Gasteiger partial charge < -0.3 is 13.9 Å². The minimum absolute atomic E-state index is 0.0828. The molecular weight excluding hydrogens is 455 g/mol. The molecule has 1 aromatic carbocycles. The molecule has 1 N–H and O–H groups in total. The SMILES string of the molecule is C=CCOC(=O)Nc1cccc(-c2nc(C3CCOCC3)oc2-c2ccnc(Cl)n2)c1Cl. The zero-order valence-electron chi connectivity index (χ0n) is 17.0. The minimum atomic E-state index is -0.644. The van der Waals surface area contributed by atoms with Gasteiger partial charge in [-0.05, 0) is 36.6 Å². The fourth-order valence-corrected chi connectivity index (χ4v) is 3.78. The van der Waals surface area contributed by atoms with Gasteiger partial charge in [0.1, 0.15) is 18.0 Å². The average Bonchev–Trinajstić information content (AvgIpc) is 3.25. The van der Waals surface area contributed by atoms with Gasteiger partial charge in [0.15, 0.2) is 11.7 Å². The Bertz CT molecular complexity index is 1130. The van der Waals surface area contributed by atoms with Crippen LogP contribution >= 0.6 is 23.2 Å². The van der Waals surface area contributed by atoms with E-state index in [1.165, 1.54) is 6.08 Å². The molecule has 166 valence electrons. The maximum Gasteiger partial charge on any atom is 0.411 e. The summed E-state index contributed by atoms with van der Waals surface area (Å²) in [5, 5.41) is 3.01. The molecule has 0 unspecified atom stereocenters. The van der Waals surface area contributed by atoms with Crippen LogP contribution in [-0.2, 0) is 9.47 Å². The molecule has 8 nitrogen and oxygen atoms in total. The summed E-state index contributed by atoms with van der Waals surface area (Å²) in [7, 11) is 0. The van der Waals surface area contributed by atoms with Crippen molar-refractivity contribution in [3.8, 4) is 22.7 Å². The van der Waals surface area contributed by atoms with E-state index < -0.39 is 6.09 Å². The quantitative estimate of drug-likeness (QED) is 0.359. The van der Waals surface area contributed by atoms with E-state index in [0.29, 0.717) is 47.5 Å². The van der Waals surface area contributed by atoms with E-state index in [9.17, 15) is 4.79 Å². The number of anilines is 1. The topological polar surface area (TPSA) is 99.4 Å². The largest absolute Gasteiger partial charge is 0.445 e. The second-order valence-electron chi connectivity index (χ2n) is 7.01. The molecule has 32 heavy (non-hydrogen) atoms. The van der Waals surface area contributed by atoms with Gasteiger partial charge in [-0.2, -0.15) is 0 Å². The van der Waals surface area contributed by atoms with E-state index >= 15 is 0 Å². The van der Waals surface area contributed by atoms with Crippen LogP contribution in [-0.4, -0.2) is 40.9 Å². The lowest BCUT2D eigenvalue weighted by Gasteiger charge is -2.18. The van der Waals surface area contributed by atoms with E-state index in [2.05, 4.69) is 21.9 Å². The van der Waals surface area contributed by atoms with E-state index in [-0.39, 0.29) is 22.8 Å². The van der Waals surface area contributed by atoms with Gasteiger partial charge in [-0.1, -0.05) is 36.4 Å². The van der Waals surface area contributed by atoms with Crippen LogP contribution in [0.3, 0.4) is 0 Å². The number of aromatic nitrogens is 3. The van der Waals surface area contributed by atoms with Crippen molar-refractivity contribution in [2.75, 3.05) is 25.1 Å². The van der Waals surface area contributed by atoms with Crippen LogP contribution in [0.4, 0.5) is 10.5 Å². The monoisotopic (exact) mass is 474 g/mol. The number of nitrogens with one attached hydrogen (secondary N) is 1. The normalized spacial score (nSPS) is 14.2. The van der Waals surface area contributed by atoms with Crippen LogP contribution in [0.25, 0.3) is 22.7 Å². The standard InChI is InChI=1S/C22H20Cl2N4O4/c1-2-10-31-22(29)27-15-5-3-4-14(17(15)23)18-19(16-6-9-25-21(24)26-16)32-20(28-18)13-7-11-30-12-8-13/h2-6,9,13H,1,7-8,10-12H2,(H,27,29). The Morgan fingerprint density at radius 1 is 1.25 bits per heavy atom. The van der Waals surface area contributed by atoms with Gasteiger partial charge in [-0.15, -0.1) is 0 Å². The van der Waals surface area contributed by atoms with Gasteiger partial charge in [-0.25, -0.2) is 19.7 Å². The highest BCUT2D eigenvalue weighted by molar-refractivity contribution is 6.36. The highest BCUT2D eigenvalue weighted by Crippen LogP contribution is 2.41. The molecule has 0 aliphatic carbocycles. The fourth-order valence-electron chi connectivity index (χ4n) is 3.37. The number of amides is 1. The number of halogens is 2. The third-order valence-electron chi connectivity index (χ3n) is 4.90. The first kappa shape index (κ1) is 22.3. The van der Waals surface area contributed by atoms with E-state index in [1.54, 1.807) is 30.5 Å². The van der Waals surface area contributed by atoms with Crippen molar-refractivity contribution in [2.45, 2.75) is 18.8 Å². The fraction of sp³-hybridized carbons (Fsp3) is 0.273. The summed E-state index contributed by atoms with van der Waals surface area (Å²) in [6.45, 7) is 4.89. The molecule has 0 atom stereocenters. The van der Waals surface area contributed by atoms with Crippen molar-refractivity contribution in [3.05, 3.63) is 59.3 Å². The van der Waals surface area contributed by atoms with Crippen molar-refractivity contribution in [3.63, 3.8) is 0 Å². The van der Waals surface area contributed by atoms with Gasteiger partial charge in [0.05, 0.1) is 10.7 Å². The summed E-state index contributed by atoms with van der Waals surface area (Å²) in [5.41, 5.74) is 1.92. The zero-order chi connectivity index (χ0) is 22.5. The van der Waals surface area contributed by atoms with Crippen LogP contribution in [0, 0.1) is 0 Å². The third-order valence-corrected chi connectivity index (χ3v) is 5.49. The van der Waals surface area contributed by atoms with Gasteiger partial charge in [0.25, 0.3) is 0 Å². The summed E-state index contributed by atoms with van der Waals surface area (Å²) in [4.78, 5) is 25.0. The lowest BCUT2D eigenvalue weighted by molar-refractivity contribution is 0.0796. The number of hydrogen-bond acceptors (Lipinski definition) is 7. The molecule has 0 spiro atoms. The van der Waals surface area contributed by atoms with Crippen molar-refractivity contribution < 1.29 is 18.7 Å². The second kappa shape index (κ2) is 10.1. The second-order valence-corrected chi connectivity index (χ2v) is 7.72. The van der Waals surface area contributed by atoms with Crippen LogP contribution in [0.1, 0.15) is 24.7 Å². The number of carbonyl (C=O) groups is 1. The number of hydrogen-bond donors (Lipinski definition) is 1. The summed E-state index contributed by atoms with van der Waals surface area (Å²) in [5.74, 6) is 1.11. The molecule has 1 aliphatic heterocycles. The molecular formula is C22H20Cl2N4O4. The Morgan fingerprint density at radius 3 is 2.81 bits per heavy atom. The van der Waals surface area contributed by atoms with E-state index in [1.807, 2.05) is 0 Å². The van der Waals surface area contributed by atoms with Crippen molar-refractivity contribution in [1.29, 1.82) is 0 Å². The van der Waals surface area contributed by atoms with Crippen molar-refractivity contribution in [2.24, 2.45) is 0 Å². The smallest absolute Gasteiger partial charge is 0.411 e. The number of ether oxygens (including phenoxy) is 2. The molecule has 3 heterocycles. The molecule has 0 radical (unpaired) electrons. The Morgan fingerprint density at radius 2 is 2.06 bits per heavy atom. The zero-order valence-corrected chi connectivity index (χ0v) is 18.5.